The first kappa shape index (κ1) is 29.1. The summed E-state index contributed by atoms with van der Waals surface area (Å²) in [5.74, 6) is 0.171. The second-order valence-electron chi connectivity index (χ2n) is 10.4. The molecule has 2 fully saturated rings. The van der Waals surface area contributed by atoms with Crippen molar-refractivity contribution in [2.75, 3.05) is 44.7 Å². The van der Waals surface area contributed by atoms with Gasteiger partial charge in [-0.05, 0) is 61.6 Å². The molecular formula is C28H34ClF3N4O3. The van der Waals surface area contributed by atoms with Gasteiger partial charge in [0.15, 0.2) is 5.41 Å². The lowest BCUT2D eigenvalue weighted by molar-refractivity contribution is -0.209. The van der Waals surface area contributed by atoms with Crippen LogP contribution < -0.4 is 10.2 Å². The number of amides is 2. The van der Waals surface area contributed by atoms with E-state index in [9.17, 15) is 27.9 Å². The Morgan fingerprint density at radius 3 is 2.10 bits per heavy atom. The molecule has 2 saturated heterocycles. The zero-order valence-corrected chi connectivity index (χ0v) is 22.6. The Morgan fingerprint density at radius 1 is 1.00 bits per heavy atom. The molecule has 7 nitrogen and oxygen atoms in total. The van der Waals surface area contributed by atoms with Crippen LogP contribution in [0.25, 0.3) is 0 Å². The molecule has 2 aliphatic rings. The van der Waals surface area contributed by atoms with E-state index in [1.807, 2.05) is 0 Å². The summed E-state index contributed by atoms with van der Waals surface area (Å²) < 4.78 is 42.8. The first-order valence-corrected chi connectivity index (χ1v) is 13.6. The first-order chi connectivity index (χ1) is 18.6. The van der Waals surface area contributed by atoms with Crippen molar-refractivity contribution >= 4 is 29.2 Å². The maximum atomic E-state index is 14.3. The Morgan fingerprint density at radius 2 is 1.59 bits per heavy atom. The van der Waals surface area contributed by atoms with Crippen molar-refractivity contribution in [3.63, 3.8) is 0 Å². The van der Waals surface area contributed by atoms with Crippen LogP contribution in [0.4, 0.5) is 19.0 Å². The van der Waals surface area contributed by atoms with Gasteiger partial charge in [0.1, 0.15) is 11.0 Å². The van der Waals surface area contributed by atoms with Gasteiger partial charge >= 0.3 is 6.18 Å². The zero-order valence-electron chi connectivity index (χ0n) is 21.9. The molecule has 3 heterocycles. The Balaban J connectivity index is 1.31. The highest BCUT2D eigenvalue weighted by Crippen LogP contribution is 2.43. The van der Waals surface area contributed by atoms with E-state index < -0.39 is 24.1 Å². The van der Waals surface area contributed by atoms with Crippen LogP contribution in [0.1, 0.15) is 48.0 Å². The second-order valence-corrected chi connectivity index (χ2v) is 10.8. The molecule has 39 heavy (non-hydrogen) atoms. The third kappa shape index (κ3) is 6.01. The topological polar surface area (TPSA) is 85.8 Å². The van der Waals surface area contributed by atoms with Crippen LogP contribution in [-0.2, 0) is 10.2 Å². The number of rotatable bonds is 7. The Bertz CT molecular complexity index is 1150. The van der Waals surface area contributed by atoms with Gasteiger partial charge in [-0.2, -0.15) is 13.2 Å². The monoisotopic (exact) mass is 566 g/mol. The predicted octanol–water partition coefficient (Wildman–Crippen LogP) is 4.43. The lowest BCUT2D eigenvalue weighted by Gasteiger charge is -2.41. The van der Waals surface area contributed by atoms with E-state index in [2.05, 4.69) is 15.2 Å². The average Bonchev–Trinajstić information content (AvgIpc) is 2.94. The summed E-state index contributed by atoms with van der Waals surface area (Å²) in [6, 6.07) is 10.4. The van der Waals surface area contributed by atoms with Crippen molar-refractivity contribution in [2.45, 2.75) is 43.7 Å². The number of hydrogen-bond donors (Lipinski definition) is 2. The second kappa shape index (κ2) is 12.1. The minimum Gasteiger partial charge on any atom is -0.395 e. The van der Waals surface area contributed by atoms with Crippen molar-refractivity contribution in [3.8, 4) is 0 Å². The number of halogens is 4. The smallest absolute Gasteiger partial charge is 0.395 e. The van der Waals surface area contributed by atoms with Crippen molar-refractivity contribution < 1.29 is 27.9 Å². The van der Waals surface area contributed by atoms with Crippen LogP contribution >= 0.6 is 11.6 Å². The highest BCUT2D eigenvalue weighted by molar-refractivity contribution is 6.32. The highest BCUT2D eigenvalue weighted by atomic mass is 35.5. The fraction of sp³-hybridized carbons (Fsp3) is 0.536. The van der Waals surface area contributed by atoms with Gasteiger partial charge in [0.05, 0.1) is 12.2 Å². The summed E-state index contributed by atoms with van der Waals surface area (Å²) >= 11 is 6.21. The molecule has 2 N–H and O–H groups in total. The third-order valence-electron chi connectivity index (χ3n) is 8.17. The largest absolute Gasteiger partial charge is 0.409 e. The number of carbonyl (C=O) groups excluding carboxylic acids is 2. The molecule has 11 heteroatoms. The van der Waals surface area contributed by atoms with E-state index in [1.165, 1.54) is 36.2 Å². The van der Waals surface area contributed by atoms with Crippen LogP contribution in [-0.4, -0.2) is 72.8 Å². The van der Waals surface area contributed by atoms with E-state index in [-0.39, 0.29) is 29.7 Å². The molecule has 4 rings (SSSR count). The number of alkyl halides is 3. The molecule has 0 aliphatic carbocycles. The van der Waals surface area contributed by atoms with E-state index in [1.54, 1.807) is 18.2 Å². The molecule has 0 radical (unpaired) electrons. The molecule has 2 aliphatic heterocycles. The van der Waals surface area contributed by atoms with Crippen LogP contribution in [0.3, 0.4) is 0 Å². The molecule has 1 atom stereocenters. The van der Waals surface area contributed by atoms with E-state index in [0.717, 1.165) is 38.2 Å². The zero-order chi connectivity index (χ0) is 28.2. The van der Waals surface area contributed by atoms with E-state index in [4.69, 9.17) is 11.6 Å². The molecule has 1 aromatic heterocycles. The molecular weight excluding hydrogens is 533 g/mol. The maximum absolute atomic E-state index is 14.3. The number of aromatic nitrogens is 1. The number of likely N-dealkylation sites (tertiary alicyclic amines) is 1. The number of aliphatic hydroxyl groups excluding tert-OH is 1. The number of nitrogens with zero attached hydrogens (tertiary/aromatic N) is 3. The van der Waals surface area contributed by atoms with Crippen molar-refractivity contribution in [3.05, 3.63) is 58.7 Å². The molecule has 0 bridgehead atoms. The summed E-state index contributed by atoms with van der Waals surface area (Å²) in [5, 5.41) is 12.6. The van der Waals surface area contributed by atoms with Crippen LogP contribution in [0.2, 0.25) is 5.15 Å². The van der Waals surface area contributed by atoms with Crippen molar-refractivity contribution in [1.82, 2.24) is 15.2 Å². The van der Waals surface area contributed by atoms with Gasteiger partial charge in [-0.25, -0.2) is 4.98 Å². The predicted molar refractivity (Wildman–Crippen MR) is 143 cm³/mol. The number of nitrogens with one attached hydrogen (secondary N) is 1. The summed E-state index contributed by atoms with van der Waals surface area (Å²) in [6.07, 6.45) is -0.789. The van der Waals surface area contributed by atoms with Gasteiger partial charge in [-0.3, -0.25) is 9.59 Å². The molecule has 2 amide bonds. The molecule has 1 aromatic carbocycles. The number of carbonyl (C=O) groups is 2. The molecule has 0 spiro atoms. The number of piperidine rings is 2. The Kier molecular flexibility index (Phi) is 9.06. The normalized spacial score (nSPS) is 19.0. The first-order valence-electron chi connectivity index (χ1n) is 13.3. The van der Waals surface area contributed by atoms with Crippen LogP contribution in [0, 0.1) is 11.8 Å². The van der Waals surface area contributed by atoms with Gasteiger partial charge < -0.3 is 20.2 Å². The van der Waals surface area contributed by atoms with E-state index in [0.29, 0.717) is 30.2 Å². The van der Waals surface area contributed by atoms with Gasteiger partial charge in [0.2, 0.25) is 5.91 Å². The molecule has 0 saturated carbocycles. The number of anilines is 1. The Hall–Kier alpha value is -2.85. The summed E-state index contributed by atoms with van der Waals surface area (Å²) in [5.41, 5.74) is -2.86. The fourth-order valence-corrected chi connectivity index (χ4v) is 6.03. The highest BCUT2D eigenvalue weighted by Gasteiger charge is 2.62. The lowest BCUT2D eigenvalue weighted by Crippen LogP contribution is -2.59. The standard InChI is InChI=1S/C28H34ClF3N4O3/c1-33-25(38)22-7-8-23(34-24(22)29)35-13-9-19(10-14-35)17-20-11-15-36(16-12-20)26(39)27(18-37,28(30,31)32)21-5-3-2-4-6-21/h2-8,19-20,37H,9-18H2,1H3,(H,33,38)/t27-/m1/s1. The fourth-order valence-electron chi connectivity index (χ4n) is 5.80. The summed E-state index contributed by atoms with van der Waals surface area (Å²) in [7, 11) is 1.54. The van der Waals surface area contributed by atoms with Gasteiger partial charge in [0, 0.05) is 33.2 Å². The Labute approximate surface area is 231 Å². The molecule has 212 valence electrons. The van der Waals surface area contributed by atoms with Gasteiger partial charge in [-0.15, -0.1) is 0 Å². The van der Waals surface area contributed by atoms with Crippen LogP contribution in [0.15, 0.2) is 42.5 Å². The minimum absolute atomic E-state index is 0.165. The molecule has 0 unspecified atom stereocenters. The average molecular weight is 567 g/mol. The number of pyridine rings is 1. The van der Waals surface area contributed by atoms with Crippen molar-refractivity contribution in [2.24, 2.45) is 11.8 Å². The number of hydrogen-bond acceptors (Lipinski definition) is 5. The quantitative estimate of drug-likeness (QED) is 0.484. The SMILES string of the molecule is CNC(=O)c1ccc(N2CCC(CC3CCN(C(=O)[C@@](CO)(c4ccccc4)C(F)(F)F)CC3)CC2)nc1Cl. The van der Waals surface area contributed by atoms with Gasteiger partial charge in [-0.1, -0.05) is 41.9 Å². The maximum Gasteiger partial charge on any atom is 0.409 e. The van der Waals surface area contributed by atoms with Gasteiger partial charge in [0.25, 0.3) is 5.91 Å². The minimum atomic E-state index is -4.92. The summed E-state index contributed by atoms with van der Waals surface area (Å²) in [4.78, 5) is 32.9. The van der Waals surface area contributed by atoms with Crippen LogP contribution in [0.5, 0.6) is 0 Å². The summed E-state index contributed by atoms with van der Waals surface area (Å²) in [6.45, 7) is 0.755. The van der Waals surface area contributed by atoms with E-state index >= 15 is 0 Å². The third-order valence-corrected chi connectivity index (χ3v) is 8.45. The lowest BCUT2D eigenvalue weighted by atomic mass is 9.77. The van der Waals surface area contributed by atoms with Crippen molar-refractivity contribution in [1.29, 1.82) is 0 Å². The number of benzene rings is 1. The number of aliphatic hydroxyl groups is 1. The molecule has 2 aromatic rings.